The second-order valence-electron chi connectivity index (χ2n) is 4.53. The van der Waals surface area contributed by atoms with Crippen molar-refractivity contribution in [2.75, 3.05) is 6.61 Å². The van der Waals surface area contributed by atoms with Crippen molar-refractivity contribution >= 4 is 33.6 Å². The Kier molecular flexibility index (Phi) is 5.64. The van der Waals surface area contributed by atoms with Crippen molar-refractivity contribution in [1.82, 2.24) is 0 Å². The number of esters is 2. The third kappa shape index (κ3) is 3.96. The van der Waals surface area contributed by atoms with Gasteiger partial charge in [-0.2, -0.15) is 0 Å². The maximum Gasteiger partial charge on any atom is 0.350 e. The Hall–Kier alpha value is -2.74. The van der Waals surface area contributed by atoms with Crippen molar-refractivity contribution in [3.8, 4) is 5.75 Å². The maximum absolute atomic E-state index is 12.2. The van der Waals surface area contributed by atoms with Crippen LogP contribution in [0.4, 0.5) is 5.69 Å². The molecule has 0 radical (unpaired) electrons. The molecule has 8 heteroatoms. The van der Waals surface area contributed by atoms with E-state index in [4.69, 9.17) is 9.47 Å². The molecule has 0 atom stereocenters. The molecule has 24 heavy (non-hydrogen) atoms. The van der Waals surface area contributed by atoms with Gasteiger partial charge in [0.25, 0.3) is 5.69 Å². The number of nitro benzene ring substituents is 1. The molecular formula is C16H12BrNO6. The number of carbonyl (C=O) groups excluding carboxylic acids is 2. The summed E-state index contributed by atoms with van der Waals surface area (Å²) in [6.45, 7) is 1.93. The molecule has 0 heterocycles. The minimum Gasteiger partial charge on any atom is -0.462 e. The van der Waals surface area contributed by atoms with Crippen LogP contribution in [0.25, 0.3) is 0 Å². The number of rotatable bonds is 5. The summed E-state index contributed by atoms with van der Waals surface area (Å²) in [6, 6.07) is 9.77. The topological polar surface area (TPSA) is 95.7 Å². The van der Waals surface area contributed by atoms with E-state index in [9.17, 15) is 19.7 Å². The lowest BCUT2D eigenvalue weighted by Crippen LogP contribution is -2.12. The molecule has 0 spiro atoms. The fourth-order valence-corrected chi connectivity index (χ4v) is 2.35. The maximum atomic E-state index is 12.2. The molecule has 2 aromatic rings. The van der Waals surface area contributed by atoms with Crippen molar-refractivity contribution in [3.63, 3.8) is 0 Å². The first-order chi connectivity index (χ1) is 11.4. The molecule has 2 aromatic carbocycles. The second kappa shape index (κ2) is 7.69. The van der Waals surface area contributed by atoms with E-state index in [-0.39, 0.29) is 29.2 Å². The van der Waals surface area contributed by atoms with Gasteiger partial charge >= 0.3 is 11.9 Å². The van der Waals surface area contributed by atoms with Crippen LogP contribution in [0.3, 0.4) is 0 Å². The minimum atomic E-state index is -0.869. The molecule has 0 amide bonds. The average molecular weight is 394 g/mol. The van der Waals surface area contributed by atoms with E-state index >= 15 is 0 Å². The van der Waals surface area contributed by atoms with E-state index in [2.05, 4.69) is 15.9 Å². The van der Waals surface area contributed by atoms with Crippen LogP contribution in [0.2, 0.25) is 0 Å². The molecule has 0 fully saturated rings. The fourth-order valence-electron chi connectivity index (χ4n) is 1.89. The van der Waals surface area contributed by atoms with Gasteiger partial charge in [-0.15, -0.1) is 0 Å². The summed E-state index contributed by atoms with van der Waals surface area (Å²) < 4.78 is 10.4. The Morgan fingerprint density at radius 1 is 1.17 bits per heavy atom. The molecule has 0 N–H and O–H groups in total. The molecule has 0 aliphatic carbocycles. The van der Waals surface area contributed by atoms with Crippen LogP contribution >= 0.6 is 15.9 Å². The standard InChI is InChI=1S/C16H12BrNO6/c1-2-23-15(19)10-7-8-14(12(17)9-10)24-16(20)11-5-3-4-6-13(11)18(21)22/h3-9H,2H2,1H3. The molecule has 0 saturated carbocycles. The van der Waals surface area contributed by atoms with Crippen LogP contribution in [0, 0.1) is 10.1 Å². The van der Waals surface area contributed by atoms with Gasteiger partial charge in [-0.1, -0.05) is 12.1 Å². The highest BCUT2D eigenvalue weighted by Gasteiger charge is 2.22. The van der Waals surface area contributed by atoms with Gasteiger partial charge in [-0.25, -0.2) is 9.59 Å². The predicted molar refractivity (Wildman–Crippen MR) is 88.2 cm³/mol. The normalized spacial score (nSPS) is 10.1. The zero-order chi connectivity index (χ0) is 17.7. The van der Waals surface area contributed by atoms with Gasteiger partial charge in [0.15, 0.2) is 0 Å². The van der Waals surface area contributed by atoms with E-state index in [1.54, 1.807) is 6.92 Å². The lowest BCUT2D eigenvalue weighted by molar-refractivity contribution is -0.385. The molecule has 7 nitrogen and oxygen atoms in total. The molecule has 0 aromatic heterocycles. The number of ether oxygens (including phenoxy) is 2. The van der Waals surface area contributed by atoms with Gasteiger partial charge in [0.1, 0.15) is 11.3 Å². The Labute approximate surface area is 145 Å². The van der Waals surface area contributed by atoms with Crippen molar-refractivity contribution in [2.45, 2.75) is 6.92 Å². The van der Waals surface area contributed by atoms with Gasteiger partial charge < -0.3 is 9.47 Å². The minimum absolute atomic E-state index is 0.131. The summed E-state index contributed by atoms with van der Waals surface area (Å²) in [4.78, 5) is 34.1. The molecule has 2 rings (SSSR count). The van der Waals surface area contributed by atoms with Gasteiger partial charge in [-0.05, 0) is 47.1 Å². The third-order valence-electron chi connectivity index (χ3n) is 2.97. The highest BCUT2D eigenvalue weighted by atomic mass is 79.9. The first kappa shape index (κ1) is 17.6. The predicted octanol–water partition coefficient (Wildman–Crippen LogP) is 3.75. The van der Waals surface area contributed by atoms with Crippen molar-refractivity contribution < 1.29 is 24.0 Å². The molecule has 0 unspecified atom stereocenters. The molecule has 124 valence electrons. The molecule has 0 aliphatic rings. The van der Waals surface area contributed by atoms with Gasteiger partial charge in [-0.3, -0.25) is 10.1 Å². The number of para-hydroxylation sites is 1. The summed E-state index contributed by atoms with van der Waals surface area (Å²) in [5.41, 5.74) is -0.222. The van der Waals surface area contributed by atoms with Crippen LogP contribution in [0.15, 0.2) is 46.9 Å². The Morgan fingerprint density at radius 3 is 2.50 bits per heavy atom. The first-order valence-corrected chi connectivity index (χ1v) is 7.65. The smallest absolute Gasteiger partial charge is 0.350 e. The third-order valence-corrected chi connectivity index (χ3v) is 3.59. The summed E-state index contributed by atoms with van der Waals surface area (Å²) >= 11 is 3.20. The second-order valence-corrected chi connectivity index (χ2v) is 5.38. The zero-order valence-electron chi connectivity index (χ0n) is 12.5. The summed E-state index contributed by atoms with van der Waals surface area (Å²) in [5.74, 6) is -1.24. The van der Waals surface area contributed by atoms with Gasteiger partial charge in [0.05, 0.1) is 21.6 Å². The summed E-state index contributed by atoms with van der Waals surface area (Å²) in [6.07, 6.45) is 0. The van der Waals surface area contributed by atoms with Crippen molar-refractivity contribution in [3.05, 3.63) is 68.2 Å². The average Bonchev–Trinajstić information content (AvgIpc) is 2.56. The van der Waals surface area contributed by atoms with Crippen LogP contribution < -0.4 is 4.74 Å². The van der Waals surface area contributed by atoms with Gasteiger partial charge in [0, 0.05) is 6.07 Å². The van der Waals surface area contributed by atoms with Crippen LogP contribution in [0.5, 0.6) is 5.75 Å². The van der Waals surface area contributed by atoms with Gasteiger partial charge in [0.2, 0.25) is 0 Å². The Bertz CT molecular complexity index is 805. The highest BCUT2D eigenvalue weighted by molar-refractivity contribution is 9.10. The number of carbonyl (C=O) groups is 2. The lowest BCUT2D eigenvalue weighted by Gasteiger charge is -2.08. The summed E-state index contributed by atoms with van der Waals surface area (Å²) in [7, 11) is 0. The van der Waals surface area contributed by atoms with Crippen molar-refractivity contribution in [1.29, 1.82) is 0 Å². The van der Waals surface area contributed by atoms with E-state index in [1.165, 1.54) is 42.5 Å². The molecule has 0 aliphatic heterocycles. The monoisotopic (exact) mass is 393 g/mol. The lowest BCUT2D eigenvalue weighted by atomic mass is 10.2. The van der Waals surface area contributed by atoms with Crippen molar-refractivity contribution in [2.24, 2.45) is 0 Å². The summed E-state index contributed by atoms with van der Waals surface area (Å²) in [5, 5.41) is 11.0. The molecule has 0 bridgehead atoms. The first-order valence-electron chi connectivity index (χ1n) is 6.86. The number of halogens is 1. The number of hydrogen-bond donors (Lipinski definition) is 0. The number of hydrogen-bond acceptors (Lipinski definition) is 6. The van der Waals surface area contributed by atoms with Crippen LogP contribution in [-0.2, 0) is 4.74 Å². The largest absolute Gasteiger partial charge is 0.462 e. The van der Waals surface area contributed by atoms with Crippen LogP contribution in [0.1, 0.15) is 27.6 Å². The van der Waals surface area contributed by atoms with E-state index in [0.717, 1.165) is 0 Å². The fraction of sp³-hybridized carbons (Fsp3) is 0.125. The van der Waals surface area contributed by atoms with E-state index < -0.39 is 16.9 Å². The highest BCUT2D eigenvalue weighted by Crippen LogP contribution is 2.28. The van der Waals surface area contributed by atoms with E-state index in [0.29, 0.717) is 4.47 Å². The molecular weight excluding hydrogens is 382 g/mol. The number of nitrogens with zero attached hydrogens (tertiary/aromatic N) is 1. The Morgan fingerprint density at radius 2 is 1.88 bits per heavy atom. The molecule has 0 saturated heterocycles. The number of nitro groups is 1. The quantitative estimate of drug-likeness (QED) is 0.332. The van der Waals surface area contributed by atoms with Crippen LogP contribution in [-0.4, -0.2) is 23.5 Å². The van der Waals surface area contributed by atoms with E-state index in [1.807, 2.05) is 0 Å². The SMILES string of the molecule is CCOC(=O)c1ccc(OC(=O)c2ccccc2[N+](=O)[O-])c(Br)c1. The number of benzene rings is 2. The zero-order valence-corrected chi connectivity index (χ0v) is 14.1. The Balaban J connectivity index is 2.24.